The minimum Gasteiger partial charge on any atom is -0.387 e. The lowest BCUT2D eigenvalue weighted by Crippen LogP contribution is -2.43. The third-order valence-electron chi connectivity index (χ3n) is 2.40. The molecule has 72 valence electrons. The molecule has 3 heteroatoms. The minimum atomic E-state index is -0.645. The first-order valence-corrected chi connectivity index (χ1v) is 4.53. The summed E-state index contributed by atoms with van der Waals surface area (Å²) in [5.74, 6) is 0. The van der Waals surface area contributed by atoms with Gasteiger partial charge in [-0.1, -0.05) is 6.92 Å². The van der Waals surface area contributed by atoms with Gasteiger partial charge in [0.25, 0.3) is 0 Å². The molecule has 1 saturated heterocycles. The summed E-state index contributed by atoms with van der Waals surface area (Å²) in [6.45, 7) is 3.15. The van der Waals surface area contributed by atoms with Crippen LogP contribution in [0.2, 0.25) is 0 Å². The molecule has 0 spiro atoms. The molecular weight excluding hydrogens is 156 g/mol. The first-order chi connectivity index (χ1) is 5.70. The summed E-state index contributed by atoms with van der Waals surface area (Å²) >= 11 is 0. The van der Waals surface area contributed by atoms with Crippen LogP contribution < -0.4 is 0 Å². The van der Waals surface area contributed by atoms with Crippen molar-refractivity contribution in [1.82, 2.24) is 0 Å². The topological polar surface area (TPSA) is 38.7 Å². The summed E-state index contributed by atoms with van der Waals surface area (Å²) in [6, 6.07) is 0. The largest absolute Gasteiger partial charge is 0.387 e. The molecule has 0 aliphatic carbocycles. The van der Waals surface area contributed by atoms with E-state index in [-0.39, 0.29) is 6.10 Å². The summed E-state index contributed by atoms with van der Waals surface area (Å²) in [6.07, 6.45) is 2.57. The van der Waals surface area contributed by atoms with E-state index < -0.39 is 5.60 Å². The van der Waals surface area contributed by atoms with Crippen molar-refractivity contribution in [2.75, 3.05) is 20.3 Å². The molecule has 1 rings (SSSR count). The van der Waals surface area contributed by atoms with Crippen LogP contribution in [-0.4, -0.2) is 37.1 Å². The van der Waals surface area contributed by atoms with Crippen molar-refractivity contribution >= 4 is 0 Å². The highest BCUT2D eigenvalue weighted by atomic mass is 16.5. The first kappa shape index (κ1) is 9.96. The number of aliphatic hydroxyl groups is 1. The average molecular weight is 174 g/mol. The fraction of sp³-hybridized carbons (Fsp3) is 1.00. The Labute approximate surface area is 73.7 Å². The standard InChI is InChI=1S/C9H18O3/c1-3-8-6-9(10,7-11-2)4-5-12-8/h8,10H,3-7H2,1-2H3. The van der Waals surface area contributed by atoms with Gasteiger partial charge in [0.2, 0.25) is 0 Å². The third kappa shape index (κ3) is 2.44. The van der Waals surface area contributed by atoms with Gasteiger partial charge >= 0.3 is 0 Å². The zero-order chi connectivity index (χ0) is 9.03. The van der Waals surface area contributed by atoms with E-state index in [9.17, 15) is 5.11 Å². The maximum atomic E-state index is 9.97. The summed E-state index contributed by atoms with van der Waals surface area (Å²) in [5.41, 5.74) is -0.645. The molecule has 2 unspecified atom stereocenters. The van der Waals surface area contributed by atoms with E-state index in [0.29, 0.717) is 26.1 Å². The predicted molar refractivity (Wildman–Crippen MR) is 46.1 cm³/mol. The van der Waals surface area contributed by atoms with Crippen molar-refractivity contribution < 1.29 is 14.6 Å². The molecule has 1 fully saturated rings. The third-order valence-corrected chi connectivity index (χ3v) is 2.40. The normalized spacial score (nSPS) is 36.8. The second-order valence-electron chi connectivity index (χ2n) is 3.51. The maximum Gasteiger partial charge on any atom is 0.0926 e. The van der Waals surface area contributed by atoms with Crippen LogP contribution in [0.3, 0.4) is 0 Å². The number of rotatable bonds is 3. The predicted octanol–water partition coefficient (Wildman–Crippen LogP) is 0.953. The molecule has 0 saturated carbocycles. The van der Waals surface area contributed by atoms with E-state index in [1.807, 2.05) is 0 Å². The highest BCUT2D eigenvalue weighted by molar-refractivity contribution is 4.84. The monoisotopic (exact) mass is 174 g/mol. The van der Waals surface area contributed by atoms with Crippen molar-refractivity contribution in [2.45, 2.75) is 37.9 Å². The van der Waals surface area contributed by atoms with Gasteiger partial charge in [0.05, 0.1) is 18.3 Å². The van der Waals surface area contributed by atoms with E-state index in [0.717, 1.165) is 6.42 Å². The van der Waals surface area contributed by atoms with Crippen LogP contribution in [0.25, 0.3) is 0 Å². The second kappa shape index (κ2) is 4.21. The highest BCUT2D eigenvalue weighted by Crippen LogP contribution is 2.26. The van der Waals surface area contributed by atoms with Crippen LogP contribution in [0.4, 0.5) is 0 Å². The van der Waals surface area contributed by atoms with Crippen LogP contribution in [0.1, 0.15) is 26.2 Å². The summed E-state index contributed by atoms with van der Waals surface area (Å²) in [4.78, 5) is 0. The van der Waals surface area contributed by atoms with Gasteiger partial charge in [-0.05, 0) is 6.42 Å². The lowest BCUT2D eigenvalue weighted by molar-refractivity contribution is -0.130. The van der Waals surface area contributed by atoms with E-state index in [1.165, 1.54) is 0 Å². The van der Waals surface area contributed by atoms with E-state index in [1.54, 1.807) is 7.11 Å². The van der Waals surface area contributed by atoms with Crippen molar-refractivity contribution in [3.8, 4) is 0 Å². The summed E-state index contributed by atoms with van der Waals surface area (Å²) in [7, 11) is 1.62. The van der Waals surface area contributed by atoms with Gasteiger partial charge in [-0.15, -0.1) is 0 Å². The van der Waals surface area contributed by atoms with Crippen LogP contribution in [-0.2, 0) is 9.47 Å². The van der Waals surface area contributed by atoms with Crippen LogP contribution >= 0.6 is 0 Å². The molecule has 1 aliphatic heterocycles. The van der Waals surface area contributed by atoms with Crippen molar-refractivity contribution in [3.63, 3.8) is 0 Å². The molecule has 0 amide bonds. The molecule has 1 heterocycles. The highest BCUT2D eigenvalue weighted by Gasteiger charge is 2.34. The summed E-state index contributed by atoms with van der Waals surface area (Å²) < 4.78 is 10.4. The smallest absolute Gasteiger partial charge is 0.0926 e. The Morgan fingerprint density at radius 3 is 3.00 bits per heavy atom. The molecule has 1 aliphatic rings. The molecule has 0 aromatic carbocycles. The fourth-order valence-corrected chi connectivity index (χ4v) is 1.66. The average Bonchev–Trinajstić information content (AvgIpc) is 2.04. The maximum absolute atomic E-state index is 9.97. The van der Waals surface area contributed by atoms with E-state index in [2.05, 4.69) is 6.92 Å². The number of hydrogen-bond acceptors (Lipinski definition) is 3. The second-order valence-corrected chi connectivity index (χ2v) is 3.51. The number of methoxy groups -OCH3 is 1. The molecule has 2 atom stereocenters. The Bertz CT molecular complexity index is 134. The summed E-state index contributed by atoms with van der Waals surface area (Å²) in [5, 5.41) is 9.97. The quantitative estimate of drug-likeness (QED) is 0.692. The fourth-order valence-electron chi connectivity index (χ4n) is 1.66. The Morgan fingerprint density at radius 1 is 1.67 bits per heavy atom. The van der Waals surface area contributed by atoms with Crippen molar-refractivity contribution in [1.29, 1.82) is 0 Å². The molecule has 1 N–H and O–H groups in total. The Kier molecular flexibility index (Phi) is 3.50. The molecule has 0 aromatic rings. The molecule has 3 nitrogen and oxygen atoms in total. The SMILES string of the molecule is CCC1CC(O)(COC)CCO1. The van der Waals surface area contributed by atoms with Gasteiger partial charge in [0.1, 0.15) is 0 Å². The Hall–Kier alpha value is -0.120. The molecule has 0 aromatic heterocycles. The van der Waals surface area contributed by atoms with Crippen LogP contribution in [0.5, 0.6) is 0 Å². The molecule has 0 radical (unpaired) electrons. The van der Waals surface area contributed by atoms with Crippen molar-refractivity contribution in [2.24, 2.45) is 0 Å². The van der Waals surface area contributed by atoms with Gasteiger partial charge in [-0.25, -0.2) is 0 Å². The van der Waals surface area contributed by atoms with E-state index >= 15 is 0 Å². The molecule has 0 bridgehead atoms. The van der Waals surface area contributed by atoms with Crippen molar-refractivity contribution in [3.05, 3.63) is 0 Å². The number of ether oxygens (including phenoxy) is 2. The molecule has 12 heavy (non-hydrogen) atoms. The Morgan fingerprint density at radius 2 is 2.42 bits per heavy atom. The van der Waals surface area contributed by atoms with Crippen LogP contribution in [0, 0.1) is 0 Å². The number of hydrogen-bond donors (Lipinski definition) is 1. The van der Waals surface area contributed by atoms with Gasteiger partial charge in [-0.2, -0.15) is 0 Å². The molecular formula is C9H18O3. The lowest BCUT2D eigenvalue weighted by Gasteiger charge is -2.35. The zero-order valence-corrected chi connectivity index (χ0v) is 7.88. The van der Waals surface area contributed by atoms with E-state index in [4.69, 9.17) is 9.47 Å². The first-order valence-electron chi connectivity index (χ1n) is 4.53. The van der Waals surface area contributed by atoms with Gasteiger partial charge in [0, 0.05) is 26.6 Å². The van der Waals surface area contributed by atoms with Gasteiger partial charge in [-0.3, -0.25) is 0 Å². The van der Waals surface area contributed by atoms with Crippen LogP contribution in [0.15, 0.2) is 0 Å². The minimum absolute atomic E-state index is 0.207. The van der Waals surface area contributed by atoms with Gasteiger partial charge < -0.3 is 14.6 Å². The van der Waals surface area contributed by atoms with Gasteiger partial charge in [0.15, 0.2) is 0 Å². The lowest BCUT2D eigenvalue weighted by atomic mass is 9.90. The Balaban J connectivity index is 2.43. The zero-order valence-electron chi connectivity index (χ0n) is 7.88.